The van der Waals surface area contributed by atoms with Crippen LogP contribution in [0.25, 0.3) is 11.2 Å². The quantitative estimate of drug-likeness (QED) is 0.678. The highest BCUT2D eigenvalue weighted by Crippen LogP contribution is 2.26. The van der Waals surface area contributed by atoms with Gasteiger partial charge >= 0.3 is 0 Å². The molecule has 1 aliphatic rings. The third kappa shape index (κ3) is 3.04. The minimum absolute atomic E-state index is 0.467. The maximum absolute atomic E-state index is 4.68. The Morgan fingerprint density at radius 2 is 2.08 bits per heavy atom. The van der Waals surface area contributed by atoms with E-state index in [1.165, 1.54) is 32.1 Å². The molecule has 2 aromatic heterocycles. The van der Waals surface area contributed by atoms with Gasteiger partial charge in [-0.2, -0.15) is 9.97 Å². The van der Waals surface area contributed by atoms with E-state index in [0.717, 1.165) is 28.2 Å². The summed E-state index contributed by atoms with van der Waals surface area (Å²) in [4.78, 5) is 16.7. The standard InChI is InChI=1S/C18H21N6/c1-12-7-5-6-10-14(12)22-18-23-16-15(19-11-20-16)17(24-18)21-13-8-3-2-4-9-13/h6-7,10-11,13H,2-4,8-9H2,1H3,(H3,19,20,21,22,23,24). The van der Waals surface area contributed by atoms with Gasteiger partial charge in [0, 0.05) is 11.7 Å². The lowest BCUT2D eigenvalue weighted by Gasteiger charge is -2.23. The summed E-state index contributed by atoms with van der Waals surface area (Å²) in [6.45, 7) is 2.04. The van der Waals surface area contributed by atoms with Crippen LogP contribution in [0, 0.1) is 13.0 Å². The van der Waals surface area contributed by atoms with E-state index in [-0.39, 0.29) is 0 Å². The molecule has 1 aromatic carbocycles. The van der Waals surface area contributed by atoms with Crippen molar-refractivity contribution < 1.29 is 0 Å². The number of nitrogens with one attached hydrogen (secondary N) is 3. The van der Waals surface area contributed by atoms with Crippen molar-refractivity contribution in [2.45, 2.75) is 45.1 Å². The van der Waals surface area contributed by atoms with Crippen LogP contribution in [0.5, 0.6) is 0 Å². The molecule has 2 heterocycles. The second kappa shape index (κ2) is 6.47. The van der Waals surface area contributed by atoms with Crippen LogP contribution in [0.3, 0.4) is 0 Å². The van der Waals surface area contributed by atoms with E-state index in [2.05, 4.69) is 36.6 Å². The Labute approximate surface area is 141 Å². The summed E-state index contributed by atoms with van der Waals surface area (Å²) in [6.07, 6.45) is 7.92. The Kier molecular flexibility index (Phi) is 4.02. The number of rotatable bonds is 4. The predicted octanol–water partition coefficient (Wildman–Crippen LogP) is 3.95. The van der Waals surface area contributed by atoms with Crippen LogP contribution in [-0.4, -0.2) is 26.0 Å². The van der Waals surface area contributed by atoms with Crippen molar-refractivity contribution in [2.75, 3.05) is 10.6 Å². The molecule has 3 aromatic rings. The molecule has 6 nitrogen and oxygen atoms in total. The number of H-pyrrole nitrogens is 1. The van der Waals surface area contributed by atoms with Gasteiger partial charge in [0.2, 0.25) is 5.95 Å². The first-order valence-corrected chi connectivity index (χ1v) is 8.51. The number of imidazole rings is 1. The van der Waals surface area contributed by atoms with Gasteiger partial charge in [-0.3, -0.25) is 0 Å². The van der Waals surface area contributed by atoms with Crippen LogP contribution < -0.4 is 10.6 Å². The van der Waals surface area contributed by atoms with E-state index in [9.17, 15) is 0 Å². The Hall–Kier alpha value is -2.63. The summed E-state index contributed by atoms with van der Waals surface area (Å²) in [5, 5.41) is 6.87. The molecule has 0 bridgehead atoms. The molecule has 0 aliphatic heterocycles. The number of hydrogen-bond acceptors (Lipinski definition) is 5. The van der Waals surface area contributed by atoms with E-state index in [0.29, 0.717) is 12.0 Å². The van der Waals surface area contributed by atoms with Gasteiger partial charge in [-0.1, -0.05) is 25.3 Å². The van der Waals surface area contributed by atoms with E-state index in [1.807, 2.05) is 25.1 Å². The SMILES string of the molecule is Cc1c[c]ccc1Nc1nc(NC2CCCCC2)c2nc[nH]c2n1. The lowest BCUT2D eigenvalue weighted by atomic mass is 9.95. The Balaban J connectivity index is 1.65. The summed E-state index contributed by atoms with van der Waals surface area (Å²) >= 11 is 0. The molecule has 0 amide bonds. The Bertz CT molecular complexity index is 834. The molecule has 1 radical (unpaired) electrons. The summed E-state index contributed by atoms with van der Waals surface area (Å²) < 4.78 is 0. The Morgan fingerprint density at radius 1 is 1.21 bits per heavy atom. The van der Waals surface area contributed by atoms with Crippen molar-refractivity contribution in [3.05, 3.63) is 36.2 Å². The highest BCUT2D eigenvalue weighted by atomic mass is 15.2. The van der Waals surface area contributed by atoms with Crippen LogP contribution in [0.4, 0.5) is 17.5 Å². The molecule has 1 aliphatic carbocycles. The molecule has 1 fully saturated rings. The number of benzene rings is 1. The lowest BCUT2D eigenvalue weighted by molar-refractivity contribution is 0.462. The highest BCUT2D eigenvalue weighted by molar-refractivity contribution is 5.84. The summed E-state index contributed by atoms with van der Waals surface area (Å²) in [5.74, 6) is 1.37. The van der Waals surface area contributed by atoms with Crippen molar-refractivity contribution in [2.24, 2.45) is 0 Å². The molecule has 123 valence electrons. The molecule has 4 rings (SSSR count). The van der Waals surface area contributed by atoms with Gasteiger partial charge in [0.1, 0.15) is 5.52 Å². The second-order valence-electron chi connectivity index (χ2n) is 6.34. The lowest BCUT2D eigenvalue weighted by Crippen LogP contribution is -2.23. The van der Waals surface area contributed by atoms with Crippen LogP contribution in [-0.2, 0) is 0 Å². The molecular formula is C18H21N6. The van der Waals surface area contributed by atoms with Gasteiger partial charge in [0.15, 0.2) is 11.5 Å². The average Bonchev–Trinajstić information content (AvgIpc) is 3.07. The largest absolute Gasteiger partial charge is 0.365 e. The van der Waals surface area contributed by atoms with E-state index in [4.69, 9.17) is 0 Å². The normalized spacial score (nSPS) is 15.5. The number of hydrogen-bond donors (Lipinski definition) is 3. The van der Waals surface area contributed by atoms with Crippen LogP contribution >= 0.6 is 0 Å². The predicted molar refractivity (Wildman–Crippen MR) is 95.5 cm³/mol. The molecule has 24 heavy (non-hydrogen) atoms. The minimum Gasteiger partial charge on any atom is -0.365 e. The van der Waals surface area contributed by atoms with Gasteiger partial charge in [0.05, 0.1) is 6.33 Å². The summed E-state index contributed by atoms with van der Waals surface area (Å²) in [7, 11) is 0. The first-order chi connectivity index (χ1) is 11.8. The van der Waals surface area contributed by atoms with E-state index < -0.39 is 0 Å². The highest BCUT2D eigenvalue weighted by Gasteiger charge is 2.17. The zero-order chi connectivity index (χ0) is 16.4. The second-order valence-corrected chi connectivity index (χ2v) is 6.34. The molecule has 0 spiro atoms. The van der Waals surface area contributed by atoms with Crippen LogP contribution in [0.1, 0.15) is 37.7 Å². The fraction of sp³-hybridized carbons (Fsp3) is 0.389. The first-order valence-electron chi connectivity index (χ1n) is 8.51. The number of nitrogens with zero attached hydrogens (tertiary/aromatic N) is 3. The van der Waals surface area contributed by atoms with Crippen LogP contribution in [0.15, 0.2) is 24.5 Å². The molecule has 0 atom stereocenters. The molecule has 3 N–H and O–H groups in total. The molecule has 0 unspecified atom stereocenters. The van der Waals surface area contributed by atoms with Gasteiger partial charge in [0.25, 0.3) is 0 Å². The smallest absolute Gasteiger partial charge is 0.231 e. The van der Waals surface area contributed by atoms with Crippen molar-refractivity contribution in [3.8, 4) is 0 Å². The van der Waals surface area contributed by atoms with Crippen molar-refractivity contribution >= 4 is 28.6 Å². The topological polar surface area (TPSA) is 78.5 Å². The third-order valence-electron chi connectivity index (χ3n) is 4.54. The maximum atomic E-state index is 4.68. The van der Waals surface area contributed by atoms with Crippen molar-refractivity contribution in [1.82, 2.24) is 19.9 Å². The van der Waals surface area contributed by atoms with Gasteiger partial charge < -0.3 is 15.6 Å². The van der Waals surface area contributed by atoms with Crippen molar-refractivity contribution in [1.29, 1.82) is 0 Å². The van der Waals surface area contributed by atoms with E-state index in [1.54, 1.807) is 6.33 Å². The molecule has 1 saturated carbocycles. The van der Waals surface area contributed by atoms with Crippen molar-refractivity contribution in [3.63, 3.8) is 0 Å². The maximum Gasteiger partial charge on any atom is 0.231 e. The number of fused-ring (bicyclic) bond motifs is 1. The monoisotopic (exact) mass is 321 g/mol. The zero-order valence-corrected chi connectivity index (χ0v) is 13.8. The number of anilines is 3. The molecule has 6 heteroatoms. The zero-order valence-electron chi connectivity index (χ0n) is 13.8. The van der Waals surface area contributed by atoms with Gasteiger partial charge in [-0.05, 0) is 43.5 Å². The molecule has 0 saturated heterocycles. The number of aromatic amines is 1. The van der Waals surface area contributed by atoms with E-state index >= 15 is 0 Å². The average molecular weight is 321 g/mol. The van der Waals surface area contributed by atoms with Crippen LogP contribution in [0.2, 0.25) is 0 Å². The fourth-order valence-electron chi connectivity index (χ4n) is 3.21. The minimum atomic E-state index is 0.467. The third-order valence-corrected chi connectivity index (χ3v) is 4.54. The number of aryl methyl sites for hydroxylation is 1. The molecular weight excluding hydrogens is 300 g/mol. The van der Waals surface area contributed by atoms with Gasteiger partial charge in [-0.25, -0.2) is 4.98 Å². The first kappa shape index (κ1) is 14.9. The number of aromatic nitrogens is 4. The fourth-order valence-corrected chi connectivity index (χ4v) is 3.21. The summed E-state index contributed by atoms with van der Waals surface area (Å²) in [5.41, 5.74) is 3.62. The van der Waals surface area contributed by atoms with Gasteiger partial charge in [-0.15, -0.1) is 0 Å². The Morgan fingerprint density at radius 3 is 2.92 bits per heavy atom. The summed E-state index contributed by atoms with van der Waals surface area (Å²) in [6, 6.07) is 9.33.